The number of anilines is 1. The fourth-order valence-corrected chi connectivity index (χ4v) is 5.86. The van der Waals surface area contributed by atoms with Crippen LogP contribution in [0.15, 0.2) is 60.7 Å². The molecule has 0 radical (unpaired) electrons. The lowest BCUT2D eigenvalue weighted by atomic mass is 10.0. The van der Waals surface area contributed by atoms with Crippen molar-refractivity contribution in [2.75, 3.05) is 68.8 Å². The second-order valence-corrected chi connectivity index (χ2v) is 11.1. The molecule has 8 heteroatoms. The summed E-state index contributed by atoms with van der Waals surface area (Å²) < 4.78 is 23.7. The number of benzene rings is 2. The number of hydrogen-bond acceptors (Lipinski definition) is 6. The Balaban J connectivity index is 1.24. The number of nitrogens with one attached hydrogen (secondary N) is 1. The van der Waals surface area contributed by atoms with Gasteiger partial charge in [-0.15, -0.1) is 0 Å². The van der Waals surface area contributed by atoms with Crippen LogP contribution in [0.4, 0.5) is 5.69 Å². The molecule has 2 aliphatic heterocycles. The van der Waals surface area contributed by atoms with E-state index in [4.69, 9.17) is 0 Å². The molecule has 33 heavy (non-hydrogen) atoms. The molecule has 1 amide bonds. The number of piperazine rings is 1. The van der Waals surface area contributed by atoms with Gasteiger partial charge in [0.05, 0.1) is 11.5 Å². The molecule has 2 aliphatic rings. The summed E-state index contributed by atoms with van der Waals surface area (Å²) in [6.45, 7) is 6.44. The van der Waals surface area contributed by atoms with Crippen LogP contribution in [0.5, 0.6) is 0 Å². The van der Waals surface area contributed by atoms with Gasteiger partial charge in [0.2, 0.25) is 5.91 Å². The SMILES string of the molecule is O=C(NCCCN1CCN(c2ccccc2)CC1)C(c1ccccc1)N1CCS(=O)(=O)CC1. The second-order valence-electron chi connectivity index (χ2n) is 8.81. The summed E-state index contributed by atoms with van der Waals surface area (Å²) in [7, 11) is -2.99. The van der Waals surface area contributed by atoms with Gasteiger partial charge in [0.25, 0.3) is 0 Å². The number of carbonyl (C=O) groups is 1. The topological polar surface area (TPSA) is 73.0 Å². The Hall–Kier alpha value is -2.42. The molecule has 4 rings (SSSR count). The van der Waals surface area contributed by atoms with Crippen LogP contribution in [0.3, 0.4) is 0 Å². The van der Waals surface area contributed by atoms with Crippen molar-refractivity contribution in [2.45, 2.75) is 12.5 Å². The first kappa shape index (κ1) is 23.7. The Morgan fingerprint density at radius 2 is 1.45 bits per heavy atom. The third kappa shape index (κ3) is 6.56. The number of nitrogens with zero attached hydrogens (tertiary/aromatic N) is 3. The molecule has 2 heterocycles. The first-order valence-corrected chi connectivity index (χ1v) is 13.6. The van der Waals surface area contributed by atoms with Crippen LogP contribution < -0.4 is 10.2 Å². The van der Waals surface area contributed by atoms with Crippen LogP contribution in [0.1, 0.15) is 18.0 Å². The Labute approximate surface area is 197 Å². The van der Waals surface area contributed by atoms with Gasteiger partial charge in [-0.25, -0.2) is 8.42 Å². The predicted molar refractivity (Wildman–Crippen MR) is 132 cm³/mol. The second kappa shape index (κ2) is 11.1. The molecule has 2 aromatic carbocycles. The maximum atomic E-state index is 13.1. The van der Waals surface area contributed by atoms with Crippen LogP contribution >= 0.6 is 0 Å². The van der Waals surface area contributed by atoms with Crippen LogP contribution in [-0.4, -0.2) is 88.0 Å². The molecule has 0 aliphatic carbocycles. The summed E-state index contributed by atoms with van der Waals surface area (Å²) in [5, 5.41) is 3.11. The van der Waals surface area contributed by atoms with Gasteiger partial charge in [-0.3, -0.25) is 14.6 Å². The quantitative estimate of drug-likeness (QED) is 0.593. The molecule has 0 saturated carbocycles. The van der Waals surface area contributed by atoms with E-state index in [2.05, 4.69) is 39.4 Å². The van der Waals surface area contributed by atoms with E-state index in [1.807, 2.05) is 41.3 Å². The van der Waals surface area contributed by atoms with E-state index in [-0.39, 0.29) is 17.4 Å². The highest BCUT2D eigenvalue weighted by Crippen LogP contribution is 2.23. The van der Waals surface area contributed by atoms with Crippen LogP contribution in [-0.2, 0) is 14.6 Å². The van der Waals surface area contributed by atoms with Crippen molar-refractivity contribution in [1.82, 2.24) is 15.1 Å². The smallest absolute Gasteiger partial charge is 0.241 e. The number of para-hydroxylation sites is 1. The first-order valence-electron chi connectivity index (χ1n) is 11.8. The lowest BCUT2D eigenvalue weighted by molar-refractivity contribution is -0.126. The summed E-state index contributed by atoms with van der Waals surface area (Å²) in [4.78, 5) is 20.0. The van der Waals surface area contributed by atoms with Gasteiger partial charge in [-0.05, 0) is 30.7 Å². The standard InChI is InChI=1S/C25H34N4O3S/c30-25(24(22-8-3-1-4-9-22)29-18-20-33(31,32)21-19-29)26-12-7-13-27-14-16-28(17-15-27)23-10-5-2-6-11-23/h1-6,8-11,24H,7,12-21H2,(H,26,30). The molecule has 178 valence electrons. The molecule has 0 spiro atoms. The Morgan fingerprint density at radius 1 is 0.848 bits per heavy atom. The molecule has 0 bridgehead atoms. The summed E-state index contributed by atoms with van der Waals surface area (Å²) in [6, 6.07) is 19.7. The van der Waals surface area contributed by atoms with E-state index in [0.717, 1.165) is 44.7 Å². The zero-order valence-corrected chi connectivity index (χ0v) is 19.9. The van der Waals surface area contributed by atoms with E-state index in [1.54, 1.807) is 0 Å². The third-order valence-electron chi connectivity index (χ3n) is 6.55. The van der Waals surface area contributed by atoms with E-state index < -0.39 is 15.9 Å². The van der Waals surface area contributed by atoms with Gasteiger partial charge >= 0.3 is 0 Å². The fraction of sp³-hybridized carbons (Fsp3) is 0.480. The molecule has 2 saturated heterocycles. The molecule has 7 nitrogen and oxygen atoms in total. The van der Waals surface area contributed by atoms with Gasteiger partial charge in [0, 0.05) is 51.5 Å². The van der Waals surface area contributed by atoms with Crippen LogP contribution in [0.25, 0.3) is 0 Å². The molecule has 2 aromatic rings. The maximum absolute atomic E-state index is 13.1. The van der Waals surface area contributed by atoms with Gasteiger partial charge in [-0.1, -0.05) is 48.5 Å². The largest absolute Gasteiger partial charge is 0.369 e. The minimum Gasteiger partial charge on any atom is -0.369 e. The molecule has 1 unspecified atom stereocenters. The summed E-state index contributed by atoms with van der Waals surface area (Å²) >= 11 is 0. The maximum Gasteiger partial charge on any atom is 0.241 e. The zero-order chi connectivity index (χ0) is 23.1. The van der Waals surface area contributed by atoms with E-state index in [0.29, 0.717) is 19.6 Å². The average Bonchev–Trinajstić information content (AvgIpc) is 2.85. The van der Waals surface area contributed by atoms with Crippen molar-refractivity contribution in [3.05, 3.63) is 66.2 Å². The van der Waals surface area contributed by atoms with Crippen molar-refractivity contribution in [3.8, 4) is 0 Å². The molecular weight excluding hydrogens is 436 g/mol. The minimum absolute atomic E-state index is 0.0469. The Bertz CT molecular complexity index is 979. The molecule has 0 aromatic heterocycles. The minimum atomic E-state index is -2.99. The Kier molecular flexibility index (Phi) is 8.01. The summed E-state index contributed by atoms with van der Waals surface area (Å²) in [6.07, 6.45) is 0.896. The molecule has 1 atom stereocenters. The highest BCUT2D eigenvalue weighted by Gasteiger charge is 2.32. The van der Waals surface area contributed by atoms with Crippen LogP contribution in [0, 0.1) is 0 Å². The highest BCUT2D eigenvalue weighted by atomic mass is 32.2. The van der Waals surface area contributed by atoms with Crippen molar-refractivity contribution in [1.29, 1.82) is 0 Å². The van der Waals surface area contributed by atoms with E-state index in [9.17, 15) is 13.2 Å². The van der Waals surface area contributed by atoms with Gasteiger partial charge in [0.15, 0.2) is 9.84 Å². The predicted octanol–water partition coefficient (Wildman–Crippen LogP) is 1.79. The van der Waals surface area contributed by atoms with Gasteiger partial charge in [0.1, 0.15) is 6.04 Å². The number of sulfone groups is 1. The van der Waals surface area contributed by atoms with Gasteiger partial charge < -0.3 is 10.2 Å². The molecular formula is C25H34N4O3S. The monoisotopic (exact) mass is 470 g/mol. The van der Waals surface area contributed by atoms with E-state index in [1.165, 1.54) is 5.69 Å². The van der Waals surface area contributed by atoms with Gasteiger partial charge in [-0.2, -0.15) is 0 Å². The Morgan fingerprint density at radius 3 is 2.09 bits per heavy atom. The lowest BCUT2D eigenvalue weighted by Gasteiger charge is -2.36. The highest BCUT2D eigenvalue weighted by molar-refractivity contribution is 7.91. The van der Waals surface area contributed by atoms with Crippen molar-refractivity contribution < 1.29 is 13.2 Å². The number of amides is 1. The fourth-order valence-electron chi connectivity index (χ4n) is 4.63. The van der Waals surface area contributed by atoms with E-state index >= 15 is 0 Å². The summed E-state index contributed by atoms with van der Waals surface area (Å²) in [5.41, 5.74) is 2.19. The lowest BCUT2D eigenvalue weighted by Crippen LogP contribution is -2.48. The van der Waals surface area contributed by atoms with Crippen LogP contribution in [0.2, 0.25) is 0 Å². The van der Waals surface area contributed by atoms with Crippen molar-refractivity contribution in [3.63, 3.8) is 0 Å². The first-order chi connectivity index (χ1) is 16.0. The van der Waals surface area contributed by atoms with Crippen molar-refractivity contribution in [2.24, 2.45) is 0 Å². The number of hydrogen-bond donors (Lipinski definition) is 1. The summed E-state index contributed by atoms with van der Waals surface area (Å²) in [5.74, 6) is 0.173. The third-order valence-corrected chi connectivity index (χ3v) is 8.16. The normalized spacial score (nSPS) is 20.3. The molecule has 1 N–H and O–H groups in total. The average molecular weight is 471 g/mol. The number of rotatable bonds is 8. The molecule has 2 fully saturated rings. The number of carbonyl (C=O) groups excluding carboxylic acids is 1. The van der Waals surface area contributed by atoms with Crippen molar-refractivity contribution >= 4 is 21.4 Å². The zero-order valence-electron chi connectivity index (χ0n) is 19.1.